The van der Waals surface area contributed by atoms with Crippen molar-refractivity contribution < 1.29 is 0 Å². The predicted molar refractivity (Wildman–Crippen MR) is 375 cm³/mol. The van der Waals surface area contributed by atoms with Gasteiger partial charge < -0.3 is 19.3 Å². The molecular formula is C82H56BN7. The van der Waals surface area contributed by atoms with Crippen molar-refractivity contribution in [2.45, 2.75) is 6.92 Å². The highest BCUT2D eigenvalue weighted by atomic mass is 15.2. The first-order valence-electron chi connectivity index (χ1n) is 30.7. The fourth-order valence-electron chi connectivity index (χ4n) is 13.8. The SMILES string of the molecule is Cc1ccc2c(c1)c1cc(N(c3ccccc3)c3ccccc3)ccc1n2-c1ccc(-c2nc(-c3ccccc3)nc(-c3ccccc3)n2)cc1-c1cccc(-c2cccc(N3c4ccccc4B4c5ccccc5N(c5ccccc5)c5cccc3c54)c2)c1. The molecule has 0 N–H and O–H groups in total. The van der Waals surface area contributed by atoms with Crippen molar-refractivity contribution in [1.29, 1.82) is 0 Å². The maximum Gasteiger partial charge on any atom is 0.252 e. The fourth-order valence-corrected chi connectivity index (χ4v) is 13.8. The van der Waals surface area contributed by atoms with E-state index in [0.29, 0.717) is 17.5 Å². The van der Waals surface area contributed by atoms with E-state index in [4.69, 9.17) is 15.0 Å². The van der Waals surface area contributed by atoms with E-state index in [1.807, 2.05) is 36.4 Å². The van der Waals surface area contributed by atoms with Crippen LogP contribution in [-0.4, -0.2) is 26.2 Å². The zero-order valence-corrected chi connectivity index (χ0v) is 49.3. The zero-order chi connectivity index (χ0) is 59.7. The molecule has 0 radical (unpaired) electrons. The molecule has 7 nitrogen and oxygen atoms in total. The van der Waals surface area contributed by atoms with Crippen LogP contribution in [0, 0.1) is 6.92 Å². The monoisotopic (exact) mass is 1150 g/mol. The number of anilines is 9. The first kappa shape index (κ1) is 52.5. The van der Waals surface area contributed by atoms with Gasteiger partial charge in [-0.25, -0.2) is 15.0 Å². The zero-order valence-electron chi connectivity index (χ0n) is 49.3. The summed E-state index contributed by atoms with van der Waals surface area (Å²) in [6, 6.07) is 116. The van der Waals surface area contributed by atoms with Gasteiger partial charge in [0, 0.05) is 84.2 Å². The van der Waals surface area contributed by atoms with Crippen molar-refractivity contribution in [3.05, 3.63) is 327 Å². The number of aryl methyl sites for hydroxylation is 1. The molecule has 0 saturated heterocycles. The third-order valence-electron chi connectivity index (χ3n) is 17.8. The van der Waals surface area contributed by atoms with Crippen LogP contribution in [0.4, 0.5) is 51.2 Å². The highest BCUT2D eigenvalue weighted by Gasteiger charge is 2.43. The summed E-state index contributed by atoms with van der Waals surface area (Å²) < 4.78 is 2.45. The highest BCUT2D eigenvalue weighted by molar-refractivity contribution is 7.00. The molecule has 2 aromatic heterocycles. The third-order valence-corrected chi connectivity index (χ3v) is 17.8. The number of nitrogens with zero attached hydrogens (tertiary/aromatic N) is 7. The molecule has 0 saturated carbocycles. The lowest BCUT2D eigenvalue weighted by Crippen LogP contribution is -2.61. The summed E-state index contributed by atoms with van der Waals surface area (Å²) in [5.41, 5.74) is 25.5. The van der Waals surface area contributed by atoms with Gasteiger partial charge in [-0.05, 0) is 167 Å². The minimum atomic E-state index is 0.0518. The van der Waals surface area contributed by atoms with Crippen LogP contribution in [0.1, 0.15) is 5.56 Å². The Bertz CT molecular complexity index is 5130. The van der Waals surface area contributed by atoms with Gasteiger partial charge >= 0.3 is 0 Å². The van der Waals surface area contributed by atoms with Crippen LogP contribution < -0.4 is 31.1 Å². The van der Waals surface area contributed by atoms with Crippen molar-refractivity contribution >= 4 is 96.1 Å². The van der Waals surface area contributed by atoms with Crippen LogP contribution in [-0.2, 0) is 0 Å². The second-order valence-corrected chi connectivity index (χ2v) is 23.2. The Morgan fingerprint density at radius 3 is 1.38 bits per heavy atom. The van der Waals surface area contributed by atoms with E-state index < -0.39 is 0 Å². The Labute approximate surface area is 523 Å². The summed E-state index contributed by atoms with van der Waals surface area (Å²) in [5.74, 6) is 1.81. The Balaban J connectivity index is 0.846. The molecule has 8 heteroatoms. The first-order chi connectivity index (χ1) is 44.6. The lowest BCUT2D eigenvalue weighted by Gasteiger charge is -2.44. The topological polar surface area (TPSA) is 53.3 Å². The molecule has 4 heterocycles. The van der Waals surface area contributed by atoms with Crippen molar-refractivity contribution in [2.75, 3.05) is 14.7 Å². The van der Waals surface area contributed by atoms with E-state index in [0.717, 1.165) is 89.5 Å². The molecule has 0 unspecified atom stereocenters. The number of para-hydroxylation sites is 5. The second-order valence-electron chi connectivity index (χ2n) is 23.2. The average molecular weight is 1150 g/mol. The fraction of sp³-hybridized carbons (Fsp3) is 0.0122. The third kappa shape index (κ3) is 8.95. The lowest BCUT2D eigenvalue weighted by atomic mass is 9.33. The van der Waals surface area contributed by atoms with Crippen molar-refractivity contribution in [2.24, 2.45) is 0 Å². The number of hydrogen-bond acceptors (Lipinski definition) is 6. The van der Waals surface area contributed by atoms with Crippen LogP contribution >= 0.6 is 0 Å². The largest absolute Gasteiger partial charge is 0.311 e. The number of fused-ring (bicyclic) bond motifs is 7. The van der Waals surface area contributed by atoms with Crippen molar-refractivity contribution in [3.8, 4) is 62.1 Å². The van der Waals surface area contributed by atoms with E-state index in [1.54, 1.807) is 0 Å². The number of rotatable bonds is 11. The van der Waals surface area contributed by atoms with Gasteiger partial charge in [-0.3, -0.25) is 0 Å². The van der Waals surface area contributed by atoms with Crippen LogP contribution in [0.3, 0.4) is 0 Å². The van der Waals surface area contributed by atoms with E-state index in [-0.39, 0.29) is 6.71 Å². The van der Waals surface area contributed by atoms with Gasteiger partial charge in [-0.2, -0.15) is 0 Å². The molecular weight excluding hydrogens is 1090 g/mol. The summed E-state index contributed by atoms with van der Waals surface area (Å²) >= 11 is 0. The summed E-state index contributed by atoms with van der Waals surface area (Å²) in [6.45, 7) is 2.23. The summed E-state index contributed by atoms with van der Waals surface area (Å²) in [6.07, 6.45) is 0. The molecule has 2 aliphatic rings. The molecule has 0 amide bonds. The molecule has 0 atom stereocenters. The van der Waals surface area contributed by atoms with E-state index >= 15 is 0 Å². The Hall–Kier alpha value is -11.9. The Morgan fingerprint density at radius 1 is 0.300 bits per heavy atom. The molecule has 13 aromatic carbocycles. The van der Waals surface area contributed by atoms with Crippen molar-refractivity contribution in [3.63, 3.8) is 0 Å². The summed E-state index contributed by atoms with van der Waals surface area (Å²) in [4.78, 5) is 22.9. The van der Waals surface area contributed by atoms with E-state index in [1.165, 1.54) is 50.1 Å². The number of aromatic nitrogens is 4. The molecule has 0 aliphatic carbocycles. The van der Waals surface area contributed by atoms with Gasteiger partial charge in [0.15, 0.2) is 17.5 Å². The number of hydrogen-bond donors (Lipinski definition) is 0. The molecule has 0 fully saturated rings. The minimum Gasteiger partial charge on any atom is -0.311 e. The molecule has 15 aromatic rings. The van der Waals surface area contributed by atoms with Gasteiger partial charge in [0.2, 0.25) is 0 Å². The normalized spacial score (nSPS) is 12.2. The second kappa shape index (κ2) is 21.8. The molecule has 0 spiro atoms. The van der Waals surface area contributed by atoms with Gasteiger partial charge in [0.05, 0.1) is 16.7 Å². The minimum absolute atomic E-state index is 0.0518. The lowest BCUT2D eigenvalue weighted by molar-refractivity contribution is 1.07. The van der Waals surface area contributed by atoms with Crippen LogP contribution in [0.15, 0.2) is 322 Å². The molecule has 2 aliphatic heterocycles. The summed E-state index contributed by atoms with van der Waals surface area (Å²) in [7, 11) is 0. The van der Waals surface area contributed by atoms with Crippen LogP contribution in [0.5, 0.6) is 0 Å². The maximum absolute atomic E-state index is 5.27. The van der Waals surface area contributed by atoms with Gasteiger partial charge in [0.1, 0.15) is 0 Å². The first-order valence-corrected chi connectivity index (χ1v) is 30.7. The Morgan fingerprint density at radius 2 is 0.756 bits per heavy atom. The smallest absolute Gasteiger partial charge is 0.252 e. The Kier molecular flexibility index (Phi) is 12.7. The van der Waals surface area contributed by atoms with Gasteiger partial charge in [-0.15, -0.1) is 0 Å². The molecule has 90 heavy (non-hydrogen) atoms. The highest BCUT2D eigenvalue weighted by Crippen LogP contribution is 2.47. The number of benzene rings is 13. The standard InChI is InChI=1S/C82H56BN7/c1-55-44-47-73-68(50-55)69-54-66(87(62-31-11-4-12-32-62)63-33-13-5-14-34-63)46-49-74(69)90(73)72-48-45-61(82-85-80(56-24-7-2-8-25-56)84-81(86-82)57-26-9-3-10-27-57)53-67(72)60-30-21-28-58(51-60)59-29-22-37-65(52-59)89-76-41-20-18-39-71(76)83-70-38-17-19-40-75(70)88(64-35-15-6-16-36-64)77-42-23-43-78(89)79(77)83/h2-54H,1H3. The van der Waals surface area contributed by atoms with E-state index in [9.17, 15) is 0 Å². The summed E-state index contributed by atoms with van der Waals surface area (Å²) in [5, 5.41) is 2.33. The van der Waals surface area contributed by atoms with Crippen molar-refractivity contribution in [1.82, 2.24) is 19.5 Å². The average Bonchev–Trinajstić information content (AvgIpc) is 0.766. The van der Waals surface area contributed by atoms with Gasteiger partial charge in [0.25, 0.3) is 6.71 Å². The van der Waals surface area contributed by atoms with E-state index in [2.05, 4.69) is 311 Å². The molecule has 422 valence electrons. The maximum atomic E-state index is 5.27. The molecule has 0 bridgehead atoms. The van der Waals surface area contributed by atoms with Gasteiger partial charge in [-0.1, -0.05) is 200 Å². The molecule has 17 rings (SSSR count). The van der Waals surface area contributed by atoms with Crippen LogP contribution in [0.2, 0.25) is 0 Å². The van der Waals surface area contributed by atoms with Crippen LogP contribution in [0.25, 0.3) is 83.9 Å². The predicted octanol–water partition coefficient (Wildman–Crippen LogP) is 19.2. The quantitative estimate of drug-likeness (QED) is 0.120.